The summed E-state index contributed by atoms with van der Waals surface area (Å²) < 4.78 is 1.05. The van der Waals surface area contributed by atoms with Gasteiger partial charge in [0.2, 0.25) is 5.95 Å². The second-order valence-corrected chi connectivity index (χ2v) is 5.60. The zero-order valence-corrected chi connectivity index (χ0v) is 12.4. The Bertz CT molecular complexity index is 756. The minimum Gasteiger partial charge on any atom is -0.506 e. The van der Waals surface area contributed by atoms with Crippen molar-refractivity contribution in [2.24, 2.45) is 0 Å². The summed E-state index contributed by atoms with van der Waals surface area (Å²) in [6, 6.07) is 7.38. The number of aromatic hydroxyl groups is 1. The summed E-state index contributed by atoms with van der Waals surface area (Å²) in [6.07, 6.45) is 2.82. The molecule has 5 nitrogen and oxygen atoms in total. The minimum absolute atomic E-state index is 0.171. The number of phenolic OH excluding ortho intramolecular Hbond substituents is 1. The van der Waals surface area contributed by atoms with Crippen LogP contribution in [0.4, 0.5) is 17.3 Å². The fourth-order valence-corrected chi connectivity index (χ4v) is 2.65. The maximum atomic E-state index is 10.1. The Morgan fingerprint density at radius 1 is 1.29 bits per heavy atom. The van der Waals surface area contributed by atoms with E-state index < -0.39 is 0 Å². The van der Waals surface area contributed by atoms with Crippen molar-refractivity contribution in [2.45, 2.75) is 13.3 Å². The second kappa shape index (κ2) is 5.97. The van der Waals surface area contributed by atoms with E-state index in [1.807, 2.05) is 23.6 Å². The van der Waals surface area contributed by atoms with Gasteiger partial charge in [-0.15, -0.1) is 11.3 Å². The van der Waals surface area contributed by atoms with Gasteiger partial charge in [-0.3, -0.25) is 0 Å². The van der Waals surface area contributed by atoms with E-state index >= 15 is 0 Å². The first kappa shape index (κ1) is 13.6. The molecule has 0 saturated carbocycles. The molecule has 0 unspecified atom stereocenters. The summed E-state index contributed by atoms with van der Waals surface area (Å²) >= 11 is 1.60. The van der Waals surface area contributed by atoms with Crippen LogP contribution in [0.5, 0.6) is 5.75 Å². The summed E-state index contributed by atoms with van der Waals surface area (Å²) in [4.78, 5) is 8.65. The lowest BCUT2D eigenvalue weighted by molar-refractivity contribution is 0.478. The molecule has 0 bridgehead atoms. The van der Waals surface area contributed by atoms with Gasteiger partial charge in [-0.1, -0.05) is 6.92 Å². The van der Waals surface area contributed by atoms with E-state index in [1.54, 1.807) is 23.6 Å². The van der Waals surface area contributed by atoms with Crippen molar-refractivity contribution in [2.75, 3.05) is 17.2 Å². The molecule has 0 radical (unpaired) electrons. The number of aromatic nitrogens is 2. The van der Waals surface area contributed by atoms with Gasteiger partial charge in [0.25, 0.3) is 0 Å². The highest BCUT2D eigenvalue weighted by atomic mass is 32.1. The van der Waals surface area contributed by atoms with Crippen molar-refractivity contribution < 1.29 is 5.11 Å². The van der Waals surface area contributed by atoms with Gasteiger partial charge in [-0.05, 0) is 30.0 Å². The third-order valence-corrected chi connectivity index (χ3v) is 3.87. The number of phenols is 1. The van der Waals surface area contributed by atoms with Crippen LogP contribution in [-0.2, 0) is 0 Å². The fraction of sp³-hybridized carbons (Fsp3) is 0.200. The van der Waals surface area contributed by atoms with E-state index in [-0.39, 0.29) is 5.75 Å². The van der Waals surface area contributed by atoms with Gasteiger partial charge < -0.3 is 15.7 Å². The van der Waals surface area contributed by atoms with Crippen molar-refractivity contribution in [3.05, 3.63) is 35.8 Å². The lowest BCUT2D eigenvalue weighted by atomic mass is 10.2. The first-order valence-corrected chi connectivity index (χ1v) is 7.68. The Morgan fingerprint density at radius 3 is 3.00 bits per heavy atom. The highest BCUT2D eigenvalue weighted by Crippen LogP contribution is 2.29. The smallest absolute Gasteiger partial charge is 0.227 e. The number of fused-ring (bicyclic) bond motifs is 1. The SMILES string of the molecule is CCCNc1ccc(Nc2ncc3sccc3n2)c(O)c1. The number of nitrogens with zero attached hydrogens (tertiary/aromatic N) is 2. The van der Waals surface area contributed by atoms with Crippen molar-refractivity contribution in [1.29, 1.82) is 0 Å². The molecule has 3 rings (SSSR count). The highest BCUT2D eigenvalue weighted by molar-refractivity contribution is 7.17. The fourth-order valence-electron chi connectivity index (χ4n) is 1.96. The van der Waals surface area contributed by atoms with E-state index in [4.69, 9.17) is 0 Å². The Hall–Kier alpha value is -2.34. The van der Waals surface area contributed by atoms with E-state index in [0.717, 1.165) is 28.9 Å². The maximum absolute atomic E-state index is 10.1. The number of rotatable bonds is 5. The average Bonchev–Trinajstić information content (AvgIpc) is 2.95. The van der Waals surface area contributed by atoms with Gasteiger partial charge >= 0.3 is 0 Å². The van der Waals surface area contributed by atoms with Crippen LogP contribution < -0.4 is 10.6 Å². The lowest BCUT2D eigenvalue weighted by Gasteiger charge is -2.10. The lowest BCUT2D eigenvalue weighted by Crippen LogP contribution is -2.00. The molecule has 0 aliphatic carbocycles. The molecule has 0 atom stereocenters. The molecule has 0 aliphatic rings. The molecule has 6 heteroatoms. The van der Waals surface area contributed by atoms with Gasteiger partial charge in [0.1, 0.15) is 5.75 Å². The van der Waals surface area contributed by atoms with Crippen LogP contribution >= 0.6 is 11.3 Å². The summed E-state index contributed by atoms with van der Waals surface area (Å²) in [6.45, 7) is 2.98. The highest BCUT2D eigenvalue weighted by Gasteiger charge is 2.06. The first-order chi connectivity index (χ1) is 10.3. The van der Waals surface area contributed by atoms with Crippen molar-refractivity contribution in [3.63, 3.8) is 0 Å². The van der Waals surface area contributed by atoms with Gasteiger partial charge in [-0.2, -0.15) is 0 Å². The third kappa shape index (κ3) is 3.05. The van der Waals surface area contributed by atoms with Gasteiger partial charge in [0, 0.05) is 18.3 Å². The van der Waals surface area contributed by atoms with E-state index in [0.29, 0.717) is 11.6 Å². The first-order valence-electron chi connectivity index (χ1n) is 6.80. The number of hydrogen-bond donors (Lipinski definition) is 3. The summed E-state index contributed by atoms with van der Waals surface area (Å²) in [5.74, 6) is 0.649. The van der Waals surface area contributed by atoms with Crippen molar-refractivity contribution in [1.82, 2.24) is 9.97 Å². The number of anilines is 3. The van der Waals surface area contributed by atoms with Crippen LogP contribution in [-0.4, -0.2) is 21.6 Å². The molecule has 21 heavy (non-hydrogen) atoms. The molecule has 0 saturated heterocycles. The van der Waals surface area contributed by atoms with Crippen molar-refractivity contribution >= 4 is 38.9 Å². The number of nitrogens with one attached hydrogen (secondary N) is 2. The summed E-state index contributed by atoms with van der Waals surface area (Å²) in [7, 11) is 0. The topological polar surface area (TPSA) is 70.1 Å². The third-order valence-electron chi connectivity index (χ3n) is 3.03. The Kier molecular flexibility index (Phi) is 3.87. The standard InChI is InChI=1S/C15H16N4OS/c1-2-6-16-10-3-4-11(13(20)8-10)18-15-17-9-14-12(19-15)5-7-21-14/h3-5,7-9,16,20H,2,6H2,1H3,(H,17,18,19). The zero-order valence-electron chi connectivity index (χ0n) is 11.6. The van der Waals surface area contributed by atoms with Crippen LogP contribution in [0.3, 0.4) is 0 Å². The quantitative estimate of drug-likeness (QED) is 0.622. The van der Waals surface area contributed by atoms with E-state index in [2.05, 4.69) is 27.5 Å². The molecule has 1 aromatic carbocycles. The largest absolute Gasteiger partial charge is 0.506 e. The predicted molar refractivity (Wildman–Crippen MR) is 87.6 cm³/mol. The van der Waals surface area contributed by atoms with Crippen LogP contribution in [0.2, 0.25) is 0 Å². The molecule has 3 N–H and O–H groups in total. The molecule has 2 heterocycles. The molecular formula is C15H16N4OS. The Balaban J connectivity index is 1.80. The van der Waals surface area contributed by atoms with E-state index in [1.165, 1.54) is 0 Å². The molecule has 3 aromatic rings. The van der Waals surface area contributed by atoms with Crippen LogP contribution in [0.1, 0.15) is 13.3 Å². The second-order valence-electron chi connectivity index (χ2n) is 4.65. The molecule has 0 spiro atoms. The van der Waals surface area contributed by atoms with Crippen LogP contribution in [0.25, 0.3) is 10.2 Å². The van der Waals surface area contributed by atoms with Gasteiger partial charge in [0.15, 0.2) is 0 Å². The zero-order chi connectivity index (χ0) is 14.7. The molecule has 0 aliphatic heterocycles. The molecule has 0 fully saturated rings. The Morgan fingerprint density at radius 2 is 2.19 bits per heavy atom. The van der Waals surface area contributed by atoms with Gasteiger partial charge in [-0.25, -0.2) is 9.97 Å². The Labute approximate surface area is 126 Å². The monoisotopic (exact) mass is 300 g/mol. The van der Waals surface area contributed by atoms with E-state index in [9.17, 15) is 5.11 Å². The number of benzene rings is 1. The average molecular weight is 300 g/mol. The maximum Gasteiger partial charge on any atom is 0.227 e. The number of thiophene rings is 1. The minimum atomic E-state index is 0.171. The van der Waals surface area contributed by atoms with Crippen LogP contribution in [0, 0.1) is 0 Å². The molecule has 108 valence electrons. The summed E-state index contributed by atoms with van der Waals surface area (Å²) in [5.41, 5.74) is 2.39. The van der Waals surface area contributed by atoms with Crippen molar-refractivity contribution in [3.8, 4) is 5.75 Å². The normalized spacial score (nSPS) is 10.7. The molecule has 0 amide bonds. The predicted octanol–water partition coefficient (Wildman–Crippen LogP) is 3.96. The van der Waals surface area contributed by atoms with Gasteiger partial charge in [0.05, 0.1) is 22.1 Å². The summed E-state index contributed by atoms with van der Waals surface area (Å²) in [5, 5.41) is 18.3. The molecule has 2 aromatic heterocycles. The van der Waals surface area contributed by atoms with Crippen LogP contribution in [0.15, 0.2) is 35.8 Å². The number of hydrogen-bond acceptors (Lipinski definition) is 6. The molecular weight excluding hydrogens is 284 g/mol.